The average molecular weight is 393 g/mol. The normalized spacial score (nSPS) is 20.0. The largest absolute Gasteiger partial charge is 0.508 e. The highest BCUT2D eigenvalue weighted by Crippen LogP contribution is 2.36. The maximum absolute atomic E-state index is 9.69. The summed E-state index contributed by atoms with van der Waals surface area (Å²) in [7, 11) is 2.17. The number of nitrogens with zero attached hydrogens (tertiary/aromatic N) is 3. The van der Waals surface area contributed by atoms with E-state index in [2.05, 4.69) is 34.1 Å². The highest BCUT2D eigenvalue weighted by molar-refractivity contribution is 5.96. The second-order valence-corrected chi connectivity index (χ2v) is 8.29. The summed E-state index contributed by atoms with van der Waals surface area (Å²) in [5.74, 6) is 0.967. The highest BCUT2D eigenvalue weighted by atomic mass is 16.5. The molecule has 0 bridgehead atoms. The molecule has 0 spiro atoms. The Bertz CT molecular complexity index is 988. The highest BCUT2D eigenvalue weighted by Gasteiger charge is 2.23. The molecule has 3 heterocycles. The Morgan fingerprint density at radius 3 is 2.69 bits per heavy atom. The van der Waals surface area contributed by atoms with Crippen molar-refractivity contribution < 1.29 is 9.84 Å². The quantitative estimate of drug-likeness (QED) is 0.692. The number of anilines is 1. The minimum atomic E-state index is 0.00491. The lowest BCUT2D eigenvalue weighted by Gasteiger charge is -2.32. The Kier molecular flexibility index (Phi) is 4.89. The zero-order chi connectivity index (χ0) is 19.8. The van der Waals surface area contributed by atoms with Gasteiger partial charge in [-0.1, -0.05) is 12.1 Å². The molecule has 1 unspecified atom stereocenters. The molecule has 0 amide bonds. The number of rotatable bonds is 5. The van der Waals surface area contributed by atoms with Crippen molar-refractivity contribution in [1.82, 2.24) is 15.1 Å². The van der Waals surface area contributed by atoms with Crippen molar-refractivity contribution in [1.29, 1.82) is 0 Å². The molecule has 29 heavy (non-hydrogen) atoms. The number of phenolic OH excluding ortho intramolecular Hbond substituents is 1. The van der Waals surface area contributed by atoms with Gasteiger partial charge in [0.25, 0.3) is 0 Å². The molecule has 6 heteroatoms. The van der Waals surface area contributed by atoms with Crippen molar-refractivity contribution in [3.63, 3.8) is 0 Å². The summed E-state index contributed by atoms with van der Waals surface area (Å²) >= 11 is 0. The summed E-state index contributed by atoms with van der Waals surface area (Å²) in [4.78, 5) is 2.35. The monoisotopic (exact) mass is 392 g/mol. The minimum absolute atomic E-state index is 0.00491. The average Bonchev–Trinajstić information content (AvgIpc) is 3.15. The van der Waals surface area contributed by atoms with Crippen LogP contribution in [0, 0.1) is 5.92 Å². The number of fused-ring (bicyclic) bond motifs is 1. The lowest BCUT2D eigenvalue weighted by atomic mass is 10.00. The van der Waals surface area contributed by atoms with Gasteiger partial charge in [0, 0.05) is 50.3 Å². The van der Waals surface area contributed by atoms with Crippen LogP contribution in [0.5, 0.6) is 5.75 Å². The summed E-state index contributed by atoms with van der Waals surface area (Å²) < 4.78 is 8.08. The molecule has 152 valence electrons. The molecule has 0 aliphatic carbocycles. The fraction of sp³-hybridized carbons (Fsp3) is 0.435. The first kappa shape index (κ1) is 18.5. The van der Waals surface area contributed by atoms with Crippen LogP contribution in [0.2, 0.25) is 0 Å². The molecule has 5 rings (SSSR count). The van der Waals surface area contributed by atoms with E-state index in [-0.39, 0.29) is 12.0 Å². The number of aromatic hydroxyl groups is 1. The van der Waals surface area contributed by atoms with Gasteiger partial charge >= 0.3 is 0 Å². The first-order valence-corrected chi connectivity index (χ1v) is 10.5. The van der Waals surface area contributed by atoms with Crippen molar-refractivity contribution >= 4 is 16.6 Å². The molecular formula is C23H28N4O2. The maximum Gasteiger partial charge on any atom is 0.150 e. The van der Waals surface area contributed by atoms with Crippen LogP contribution in [-0.2, 0) is 4.74 Å². The predicted molar refractivity (Wildman–Crippen MR) is 115 cm³/mol. The van der Waals surface area contributed by atoms with Gasteiger partial charge in [-0.3, -0.25) is 0 Å². The molecule has 1 atom stereocenters. The van der Waals surface area contributed by atoms with Gasteiger partial charge in [-0.15, -0.1) is 0 Å². The molecule has 2 aromatic carbocycles. The molecule has 2 aliphatic heterocycles. The smallest absolute Gasteiger partial charge is 0.150 e. The van der Waals surface area contributed by atoms with Crippen molar-refractivity contribution in [2.75, 3.05) is 38.2 Å². The molecule has 0 radical (unpaired) electrons. The van der Waals surface area contributed by atoms with Crippen LogP contribution < -0.4 is 10.2 Å². The van der Waals surface area contributed by atoms with Gasteiger partial charge in [-0.05, 0) is 54.7 Å². The number of ether oxygens (including phenoxy) is 1. The summed E-state index contributed by atoms with van der Waals surface area (Å²) in [6.45, 7) is 3.98. The zero-order valence-electron chi connectivity index (χ0n) is 16.8. The van der Waals surface area contributed by atoms with Crippen LogP contribution in [0.3, 0.4) is 0 Å². The molecule has 0 saturated carbocycles. The van der Waals surface area contributed by atoms with Crippen LogP contribution in [0.15, 0.2) is 42.6 Å². The third kappa shape index (κ3) is 3.58. The van der Waals surface area contributed by atoms with Gasteiger partial charge in [0.15, 0.2) is 6.23 Å². The molecule has 1 aromatic heterocycles. The zero-order valence-corrected chi connectivity index (χ0v) is 16.8. The van der Waals surface area contributed by atoms with Crippen LogP contribution in [0.1, 0.15) is 25.5 Å². The Hall–Kier alpha value is -2.57. The predicted octanol–water partition coefficient (Wildman–Crippen LogP) is 3.76. The number of aromatic nitrogens is 2. The standard InChI is InChI=1S/C23H28N4O2/c1-26(15-16-12-24-13-16)21-10-18(17-5-7-19(28)8-6-17)11-22-20(21)14-25-27(22)23-4-2-3-9-29-23/h5-8,10-11,14,16,23-24,28H,2-4,9,12-13,15H2,1H3. The third-order valence-electron chi connectivity index (χ3n) is 6.13. The SMILES string of the molecule is CN(CC1CNC1)c1cc(-c2ccc(O)cc2)cc2c1cnn2C1CCCCO1. The first-order valence-electron chi connectivity index (χ1n) is 10.5. The van der Waals surface area contributed by atoms with E-state index in [1.807, 2.05) is 18.3 Å². The number of phenols is 1. The molecular weight excluding hydrogens is 364 g/mol. The van der Waals surface area contributed by atoms with Crippen molar-refractivity contribution in [2.45, 2.75) is 25.5 Å². The van der Waals surface area contributed by atoms with Gasteiger partial charge in [0.1, 0.15) is 5.75 Å². The van der Waals surface area contributed by atoms with E-state index in [0.717, 1.165) is 61.1 Å². The van der Waals surface area contributed by atoms with Crippen LogP contribution in [0.4, 0.5) is 5.69 Å². The summed E-state index contributed by atoms with van der Waals surface area (Å²) in [6.07, 6.45) is 5.28. The molecule has 2 aliphatic rings. The molecule has 2 saturated heterocycles. The van der Waals surface area contributed by atoms with Crippen molar-refractivity contribution in [2.24, 2.45) is 5.92 Å². The second kappa shape index (κ2) is 7.69. The van der Waals surface area contributed by atoms with E-state index in [1.54, 1.807) is 12.1 Å². The molecule has 2 N–H and O–H groups in total. The minimum Gasteiger partial charge on any atom is -0.508 e. The number of hydrogen-bond acceptors (Lipinski definition) is 5. The van der Waals surface area contributed by atoms with Gasteiger partial charge < -0.3 is 20.1 Å². The third-order valence-corrected chi connectivity index (χ3v) is 6.13. The molecule has 3 aromatic rings. The molecule has 6 nitrogen and oxygen atoms in total. The van der Waals surface area contributed by atoms with Gasteiger partial charge in [0.05, 0.1) is 11.7 Å². The number of nitrogens with one attached hydrogen (secondary N) is 1. The van der Waals surface area contributed by atoms with Gasteiger partial charge in [-0.2, -0.15) is 5.10 Å². The van der Waals surface area contributed by atoms with Crippen molar-refractivity contribution in [3.8, 4) is 16.9 Å². The maximum atomic E-state index is 9.69. The fourth-order valence-electron chi connectivity index (χ4n) is 4.37. The Balaban J connectivity index is 1.60. The van der Waals surface area contributed by atoms with Crippen molar-refractivity contribution in [3.05, 3.63) is 42.6 Å². The van der Waals surface area contributed by atoms with E-state index < -0.39 is 0 Å². The Labute approximate surface area is 171 Å². The second-order valence-electron chi connectivity index (χ2n) is 8.29. The molecule has 2 fully saturated rings. The van der Waals surface area contributed by atoms with Gasteiger partial charge in [0.2, 0.25) is 0 Å². The summed E-state index contributed by atoms with van der Waals surface area (Å²) in [5, 5.41) is 18.9. The van der Waals surface area contributed by atoms with Gasteiger partial charge in [-0.25, -0.2) is 4.68 Å². The van der Waals surface area contributed by atoms with E-state index in [4.69, 9.17) is 9.84 Å². The van der Waals surface area contributed by atoms with Crippen LogP contribution in [-0.4, -0.2) is 48.2 Å². The number of hydrogen-bond donors (Lipinski definition) is 2. The first-order chi connectivity index (χ1) is 14.2. The Morgan fingerprint density at radius 2 is 2.00 bits per heavy atom. The topological polar surface area (TPSA) is 62.5 Å². The van der Waals surface area contributed by atoms with E-state index >= 15 is 0 Å². The van der Waals surface area contributed by atoms with E-state index in [9.17, 15) is 5.11 Å². The Morgan fingerprint density at radius 1 is 1.17 bits per heavy atom. The lowest BCUT2D eigenvalue weighted by Crippen LogP contribution is -2.47. The summed E-state index contributed by atoms with van der Waals surface area (Å²) in [5.41, 5.74) is 4.52. The van der Waals surface area contributed by atoms with Crippen LogP contribution in [0.25, 0.3) is 22.0 Å². The van der Waals surface area contributed by atoms with E-state index in [0.29, 0.717) is 5.92 Å². The van der Waals surface area contributed by atoms with E-state index in [1.165, 1.54) is 12.1 Å². The summed E-state index contributed by atoms with van der Waals surface area (Å²) in [6, 6.07) is 11.9. The lowest BCUT2D eigenvalue weighted by molar-refractivity contribution is -0.0366. The number of benzene rings is 2. The fourth-order valence-corrected chi connectivity index (χ4v) is 4.37. The van der Waals surface area contributed by atoms with Crippen LogP contribution >= 0.6 is 0 Å².